The van der Waals surface area contributed by atoms with Crippen LogP contribution in [0.1, 0.15) is 36.7 Å². The van der Waals surface area contributed by atoms with E-state index < -0.39 is 0 Å². The first-order chi connectivity index (χ1) is 14.6. The maximum absolute atomic E-state index is 14.2. The molecule has 164 valence electrons. The van der Waals surface area contributed by atoms with Crippen molar-refractivity contribution in [1.82, 2.24) is 25.2 Å². The minimum absolute atomic E-state index is 0. The van der Waals surface area contributed by atoms with E-state index in [0.29, 0.717) is 13.1 Å². The van der Waals surface area contributed by atoms with Crippen LogP contribution in [0.25, 0.3) is 5.82 Å². The van der Waals surface area contributed by atoms with Crippen LogP contribution in [0.15, 0.2) is 60.0 Å². The van der Waals surface area contributed by atoms with Gasteiger partial charge in [0, 0.05) is 37.1 Å². The molecule has 1 aliphatic rings. The second-order valence-corrected chi connectivity index (χ2v) is 7.68. The number of pyridine rings is 1. The molecule has 0 unspecified atom stereocenters. The Morgan fingerprint density at radius 3 is 2.58 bits per heavy atom. The van der Waals surface area contributed by atoms with Crippen molar-refractivity contribution >= 4 is 29.9 Å². The van der Waals surface area contributed by atoms with Crippen molar-refractivity contribution in [2.45, 2.75) is 38.6 Å². The van der Waals surface area contributed by atoms with E-state index in [0.717, 1.165) is 48.1 Å². The summed E-state index contributed by atoms with van der Waals surface area (Å²) in [6, 6.07) is 11.1. The first kappa shape index (κ1) is 23.2. The van der Waals surface area contributed by atoms with E-state index in [1.807, 2.05) is 55.1 Å². The molecule has 0 saturated heterocycles. The van der Waals surface area contributed by atoms with Gasteiger partial charge >= 0.3 is 0 Å². The van der Waals surface area contributed by atoms with E-state index in [-0.39, 0.29) is 35.2 Å². The van der Waals surface area contributed by atoms with Crippen LogP contribution in [-0.2, 0) is 12.0 Å². The van der Waals surface area contributed by atoms with Crippen molar-refractivity contribution in [1.29, 1.82) is 0 Å². The number of hydrogen-bond donors (Lipinski definition) is 2. The molecule has 31 heavy (non-hydrogen) atoms. The Balaban J connectivity index is 0.00000272. The normalized spacial score (nSPS) is 14.6. The van der Waals surface area contributed by atoms with Crippen LogP contribution >= 0.6 is 24.0 Å². The molecule has 0 atom stereocenters. The van der Waals surface area contributed by atoms with Crippen molar-refractivity contribution in [2.75, 3.05) is 13.1 Å². The average molecular weight is 534 g/mol. The molecule has 1 aromatic carbocycles. The molecule has 8 heteroatoms. The Labute approximate surface area is 199 Å². The number of benzene rings is 1. The fourth-order valence-corrected chi connectivity index (χ4v) is 3.62. The molecule has 6 nitrogen and oxygen atoms in total. The van der Waals surface area contributed by atoms with E-state index in [4.69, 9.17) is 0 Å². The number of aromatic nitrogens is 3. The van der Waals surface area contributed by atoms with Crippen molar-refractivity contribution in [2.24, 2.45) is 4.99 Å². The lowest BCUT2D eigenvalue weighted by Crippen LogP contribution is -2.41. The summed E-state index contributed by atoms with van der Waals surface area (Å²) in [6.07, 6.45) is 7.46. The molecule has 1 aliphatic carbocycles. The van der Waals surface area contributed by atoms with Gasteiger partial charge in [0.1, 0.15) is 17.5 Å². The highest BCUT2D eigenvalue weighted by Gasteiger charge is 2.45. The van der Waals surface area contributed by atoms with Gasteiger partial charge in [-0.25, -0.2) is 19.4 Å². The SMILES string of the molecule is CCNC(=NCc1ccc(-n2ccnc2C)nc1)NCC1(c2ccccc2F)CC1.I. The number of aryl methyl sites for hydroxylation is 1. The van der Waals surface area contributed by atoms with Gasteiger partial charge < -0.3 is 10.6 Å². The van der Waals surface area contributed by atoms with Crippen molar-refractivity contribution < 1.29 is 4.39 Å². The Hall–Kier alpha value is -2.49. The molecule has 2 heterocycles. The predicted molar refractivity (Wildman–Crippen MR) is 132 cm³/mol. The summed E-state index contributed by atoms with van der Waals surface area (Å²) in [5.74, 6) is 2.34. The maximum Gasteiger partial charge on any atom is 0.191 e. The zero-order valence-corrected chi connectivity index (χ0v) is 20.1. The van der Waals surface area contributed by atoms with Gasteiger partial charge in [0.2, 0.25) is 0 Å². The van der Waals surface area contributed by atoms with Gasteiger partial charge in [-0.05, 0) is 49.9 Å². The lowest BCUT2D eigenvalue weighted by atomic mass is 9.95. The van der Waals surface area contributed by atoms with Crippen LogP contribution in [-0.4, -0.2) is 33.6 Å². The standard InChI is InChI=1S/C23H27FN6.HI/c1-3-25-22(29-16-23(10-11-23)19-6-4-5-7-20(19)24)28-15-18-8-9-21(27-14-18)30-13-12-26-17(30)2;/h4-9,12-14H,3,10-11,15-16H2,1-2H3,(H2,25,28,29);1H. The molecule has 0 amide bonds. The van der Waals surface area contributed by atoms with E-state index in [1.54, 1.807) is 12.3 Å². The van der Waals surface area contributed by atoms with Gasteiger partial charge in [-0.3, -0.25) is 4.57 Å². The summed E-state index contributed by atoms with van der Waals surface area (Å²) in [5, 5.41) is 6.67. The van der Waals surface area contributed by atoms with Gasteiger partial charge in [0.05, 0.1) is 6.54 Å². The fourth-order valence-electron chi connectivity index (χ4n) is 3.62. The molecule has 0 bridgehead atoms. The van der Waals surface area contributed by atoms with Crippen molar-refractivity contribution in [3.8, 4) is 5.82 Å². The number of hydrogen-bond acceptors (Lipinski definition) is 3. The van der Waals surface area contributed by atoms with Gasteiger partial charge in [0.15, 0.2) is 5.96 Å². The molecular formula is C23H28FIN6. The summed E-state index contributed by atoms with van der Waals surface area (Å²) in [7, 11) is 0. The molecule has 0 aliphatic heterocycles. The van der Waals surface area contributed by atoms with E-state index in [2.05, 4.69) is 25.6 Å². The zero-order valence-electron chi connectivity index (χ0n) is 17.8. The summed E-state index contributed by atoms with van der Waals surface area (Å²) in [6.45, 7) is 5.91. The molecule has 4 rings (SSSR count). The molecule has 0 radical (unpaired) electrons. The molecule has 0 spiro atoms. The first-order valence-corrected chi connectivity index (χ1v) is 10.3. The molecule has 1 fully saturated rings. The third-order valence-corrected chi connectivity index (χ3v) is 5.54. The Bertz CT molecular complexity index is 1030. The number of nitrogens with one attached hydrogen (secondary N) is 2. The largest absolute Gasteiger partial charge is 0.357 e. The third-order valence-electron chi connectivity index (χ3n) is 5.54. The number of nitrogens with zero attached hydrogens (tertiary/aromatic N) is 4. The zero-order chi connectivity index (χ0) is 21.0. The van der Waals surface area contributed by atoms with Crippen LogP contribution in [0.3, 0.4) is 0 Å². The first-order valence-electron chi connectivity index (χ1n) is 10.3. The van der Waals surface area contributed by atoms with Crippen LogP contribution in [0, 0.1) is 12.7 Å². The summed E-state index contributed by atoms with van der Waals surface area (Å²) in [4.78, 5) is 13.4. The highest BCUT2D eigenvalue weighted by atomic mass is 127. The molecule has 2 N–H and O–H groups in total. The smallest absolute Gasteiger partial charge is 0.191 e. The van der Waals surface area contributed by atoms with Crippen LogP contribution in [0.2, 0.25) is 0 Å². The number of aliphatic imine (C=N–C) groups is 1. The van der Waals surface area contributed by atoms with E-state index in [1.165, 1.54) is 6.07 Å². The van der Waals surface area contributed by atoms with E-state index >= 15 is 0 Å². The molecule has 1 saturated carbocycles. The molecular weight excluding hydrogens is 506 g/mol. The van der Waals surface area contributed by atoms with Crippen LogP contribution < -0.4 is 10.6 Å². The predicted octanol–water partition coefficient (Wildman–Crippen LogP) is 4.12. The lowest BCUT2D eigenvalue weighted by molar-refractivity contribution is 0.559. The Morgan fingerprint density at radius 2 is 1.97 bits per heavy atom. The topological polar surface area (TPSA) is 67.1 Å². The van der Waals surface area contributed by atoms with Gasteiger partial charge in [-0.1, -0.05) is 24.3 Å². The Kier molecular flexibility index (Phi) is 7.64. The average Bonchev–Trinajstić information content (AvgIpc) is 3.43. The lowest BCUT2D eigenvalue weighted by Gasteiger charge is -2.19. The van der Waals surface area contributed by atoms with Gasteiger partial charge in [-0.15, -0.1) is 24.0 Å². The molecule has 3 aromatic rings. The second-order valence-electron chi connectivity index (χ2n) is 7.68. The van der Waals surface area contributed by atoms with Gasteiger partial charge in [0.25, 0.3) is 0 Å². The number of imidazole rings is 1. The number of guanidine groups is 1. The summed E-state index contributed by atoms with van der Waals surface area (Å²) in [5.41, 5.74) is 1.68. The maximum atomic E-state index is 14.2. The van der Waals surface area contributed by atoms with Crippen LogP contribution in [0.5, 0.6) is 0 Å². The van der Waals surface area contributed by atoms with Crippen LogP contribution in [0.4, 0.5) is 4.39 Å². The minimum Gasteiger partial charge on any atom is -0.357 e. The highest BCUT2D eigenvalue weighted by molar-refractivity contribution is 14.0. The number of rotatable bonds is 7. The molecule has 2 aromatic heterocycles. The Morgan fingerprint density at radius 1 is 1.16 bits per heavy atom. The van der Waals surface area contributed by atoms with Crippen molar-refractivity contribution in [3.05, 3.63) is 77.8 Å². The van der Waals surface area contributed by atoms with E-state index in [9.17, 15) is 4.39 Å². The highest BCUT2D eigenvalue weighted by Crippen LogP contribution is 2.48. The van der Waals surface area contributed by atoms with Crippen molar-refractivity contribution in [3.63, 3.8) is 0 Å². The monoisotopic (exact) mass is 534 g/mol. The summed E-state index contributed by atoms with van der Waals surface area (Å²) < 4.78 is 16.2. The quantitative estimate of drug-likeness (QED) is 0.272. The minimum atomic E-state index is -0.132. The number of halogens is 2. The fraction of sp³-hybridized carbons (Fsp3) is 0.348. The third kappa shape index (κ3) is 5.41. The van der Waals surface area contributed by atoms with Gasteiger partial charge in [-0.2, -0.15) is 0 Å². The second kappa shape index (κ2) is 10.2. The summed E-state index contributed by atoms with van der Waals surface area (Å²) >= 11 is 0.